The Hall–Kier alpha value is -2.40. The molecular formula is C14H8ClFN2O2. The van der Waals surface area contributed by atoms with Crippen molar-refractivity contribution in [3.05, 3.63) is 68.8 Å². The predicted molar refractivity (Wildman–Crippen MR) is 73.8 cm³/mol. The standard InChI is InChI=1S/C14H8ClFN2O2/c15-8-2-3-10(16)9(6-8)13(19)7-1-4-11-12(5-7)18-14(20)17-11/h1-6H,(H2,17,18,20). The van der Waals surface area contributed by atoms with Crippen LogP contribution in [0.4, 0.5) is 4.39 Å². The van der Waals surface area contributed by atoms with Crippen LogP contribution in [-0.4, -0.2) is 15.8 Å². The van der Waals surface area contributed by atoms with Crippen molar-refractivity contribution >= 4 is 28.4 Å². The smallest absolute Gasteiger partial charge is 0.306 e. The van der Waals surface area contributed by atoms with E-state index in [0.29, 0.717) is 11.0 Å². The molecule has 0 radical (unpaired) electrons. The fourth-order valence-corrected chi connectivity index (χ4v) is 2.17. The third-order valence-corrected chi connectivity index (χ3v) is 3.19. The van der Waals surface area contributed by atoms with E-state index < -0.39 is 11.6 Å². The summed E-state index contributed by atoms with van der Waals surface area (Å²) < 4.78 is 13.7. The highest BCUT2D eigenvalue weighted by atomic mass is 35.5. The molecule has 2 N–H and O–H groups in total. The fourth-order valence-electron chi connectivity index (χ4n) is 2.00. The van der Waals surface area contributed by atoms with E-state index in [4.69, 9.17) is 11.6 Å². The van der Waals surface area contributed by atoms with Crippen LogP contribution in [0.3, 0.4) is 0 Å². The first-order valence-corrected chi connectivity index (χ1v) is 6.14. The molecule has 0 atom stereocenters. The van der Waals surface area contributed by atoms with Crippen molar-refractivity contribution in [3.63, 3.8) is 0 Å². The highest BCUT2D eigenvalue weighted by molar-refractivity contribution is 6.31. The SMILES string of the molecule is O=C(c1ccc2[nH]c(=O)[nH]c2c1)c1cc(Cl)ccc1F. The number of H-pyrrole nitrogens is 2. The minimum atomic E-state index is -0.637. The van der Waals surface area contributed by atoms with Gasteiger partial charge in [0.25, 0.3) is 0 Å². The maximum Gasteiger partial charge on any atom is 0.323 e. The summed E-state index contributed by atoms with van der Waals surface area (Å²) in [7, 11) is 0. The van der Waals surface area contributed by atoms with E-state index in [-0.39, 0.29) is 21.8 Å². The van der Waals surface area contributed by atoms with Crippen molar-refractivity contribution in [2.45, 2.75) is 0 Å². The number of hydrogen-bond donors (Lipinski definition) is 2. The molecule has 0 spiro atoms. The van der Waals surface area contributed by atoms with Crippen LogP contribution in [0.15, 0.2) is 41.2 Å². The number of ketones is 1. The molecule has 3 aromatic rings. The molecule has 0 saturated carbocycles. The normalized spacial score (nSPS) is 10.9. The van der Waals surface area contributed by atoms with Crippen molar-refractivity contribution in [2.24, 2.45) is 0 Å². The summed E-state index contributed by atoms with van der Waals surface area (Å²) in [6.45, 7) is 0. The molecule has 20 heavy (non-hydrogen) atoms. The molecule has 0 aliphatic carbocycles. The minimum Gasteiger partial charge on any atom is -0.306 e. The molecule has 2 aromatic carbocycles. The van der Waals surface area contributed by atoms with Crippen LogP contribution in [0.2, 0.25) is 5.02 Å². The van der Waals surface area contributed by atoms with Gasteiger partial charge in [-0.05, 0) is 36.4 Å². The first-order chi connectivity index (χ1) is 9.54. The predicted octanol–water partition coefficient (Wildman–Crippen LogP) is 2.88. The molecule has 0 bridgehead atoms. The van der Waals surface area contributed by atoms with Gasteiger partial charge in [-0.25, -0.2) is 9.18 Å². The van der Waals surface area contributed by atoms with Gasteiger partial charge >= 0.3 is 5.69 Å². The topological polar surface area (TPSA) is 65.7 Å². The average Bonchev–Trinajstić information content (AvgIpc) is 2.79. The van der Waals surface area contributed by atoms with E-state index in [1.165, 1.54) is 24.3 Å². The zero-order valence-electron chi connectivity index (χ0n) is 10.0. The third kappa shape index (κ3) is 2.12. The lowest BCUT2D eigenvalue weighted by molar-refractivity contribution is 0.103. The second-order valence-electron chi connectivity index (χ2n) is 4.29. The Bertz CT molecular complexity index is 882. The Morgan fingerprint density at radius 1 is 1.05 bits per heavy atom. The quantitative estimate of drug-likeness (QED) is 0.713. The van der Waals surface area contributed by atoms with E-state index >= 15 is 0 Å². The van der Waals surface area contributed by atoms with Gasteiger partial charge in [0.05, 0.1) is 16.6 Å². The van der Waals surface area contributed by atoms with Crippen molar-refractivity contribution in [1.82, 2.24) is 9.97 Å². The first kappa shape index (κ1) is 12.6. The summed E-state index contributed by atoms with van der Waals surface area (Å²) in [6.07, 6.45) is 0. The molecule has 6 heteroatoms. The number of benzene rings is 2. The van der Waals surface area contributed by atoms with E-state index in [0.717, 1.165) is 6.07 Å². The molecule has 4 nitrogen and oxygen atoms in total. The number of halogens is 2. The van der Waals surface area contributed by atoms with Crippen LogP contribution >= 0.6 is 11.6 Å². The Morgan fingerprint density at radius 2 is 1.80 bits per heavy atom. The third-order valence-electron chi connectivity index (χ3n) is 2.95. The highest BCUT2D eigenvalue weighted by Crippen LogP contribution is 2.20. The molecule has 1 aromatic heterocycles. The lowest BCUT2D eigenvalue weighted by Crippen LogP contribution is -2.04. The molecule has 3 rings (SSSR count). The summed E-state index contributed by atoms with van der Waals surface area (Å²) in [5.41, 5.74) is 0.878. The molecule has 0 unspecified atom stereocenters. The second-order valence-corrected chi connectivity index (χ2v) is 4.73. The van der Waals surface area contributed by atoms with Crippen molar-refractivity contribution in [1.29, 1.82) is 0 Å². The second kappa shape index (κ2) is 4.61. The van der Waals surface area contributed by atoms with Gasteiger partial charge in [0, 0.05) is 10.6 Å². The van der Waals surface area contributed by atoms with Crippen LogP contribution in [0, 0.1) is 5.82 Å². The monoisotopic (exact) mass is 290 g/mol. The van der Waals surface area contributed by atoms with Crippen molar-refractivity contribution in [2.75, 3.05) is 0 Å². The Balaban J connectivity index is 2.12. The van der Waals surface area contributed by atoms with Gasteiger partial charge in [0.15, 0.2) is 5.78 Å². The van der Waals surface area contributed by atoms with Crippen molar-refractivity contribution in [3.8, 4) is 0 Å². The van der Waals surface area contributed by atoms with Crippen LogP contribution in [0.25, 0.3) is 11.0 Å². The largest absolute Gasteiger partial charge is 0.323 e. The Kier molecular flexibility index (Phi) is 2.91. The molecule has 0 saturated heterocycles. The van der Waals surface area contributed by atoms with Gasteiger partial charge in [0.2, 0.25) is 0 Å². The molecule has 1 heterocycles. The van der Waals surface area contributed by atoms with E-state index in [2.05, 4.69) is 9.97 Å². The highest BCUT2D eigenvalue weighted by Gasteiger charge is 2.15. The van der Waals surface area contributed by atoms with Crippen molar-refractivity contribution < 1.29 is 9.18 Å². The van der Waals surface area contributed by atoms with Crippen LogP contribution in [0.1, 0.15) is 15.9 Å². The zero-order chi connectivity index (χ0) is 14.3. The van der Waals surface area contributed by atoms with E-state index in [1.807, 2.05) is 0 Å². The number of nitrogens with one attached hydrogen (secondary N) is 2. The number of aromatic nitrogens is 2. The molecule has 0 aliphatic heterocycles. The Morgan fingerprint density at radius 3 is 2.60 bits per heavy atom. The Labute approximate surface area is 117 Å². The maximum atomic E-state index is 13.7. The average molecular weight is 291 g/mol. The maximum absolute atomic E-state index is 13.7. The van der Waals surface area contributed by atoms with Crippen LogP contribution in [0.5, 0.6) is 0 Å². The van der Waals surface area contributed by atoms with Gasteiger partial charge in [-0.1, -0.05) is 11.6 Å². The van der Waals surface area contributed by atoms with Crippen LogP contribution in [-0.2, 0) is 0 Å². The molecule has 0 fully saturated rings. The molecule has 0 amide bonds. The van der Waals surface area contributed by atoms with E-state index in [1.54, 1.807) is 6.07 Å². The summed E-state index contributed by atoms with van der Waals surface area (Å²) >= 11 is 5.78. The number of carbonyl (C=O) groups is 1. The van der Waals surface area contributed by atoms with Gasteiger partial charge in [0.1, 0.15) is 5.82 Å². The number of fused-ring (bicyclic) bond motifs is 1. The number of aromatic amines is 2. The fraction of sp³-hybridized carbons (Fsp3) is 0. The summed E-state index contributed by atoms with van der Waals surface area (Å²) in [5.74, 6) is -1.13. The number of rotatable bonds is 2. The molecule has 100 valence electrons. The lowest BCUT2D eigenvalue weighted by atomic mass is 10.0. The van der Waals surface area contributed by atoms with E-state index in [9.17, 15) is 14.0 Å². The lowest BCUT2D eigenvalue weighted by Gasteiger charge is -2.03. The van der Waals surface area contributed by atoms with Gasteiger partial charge in [-0.3, -0.25) is 4.79 Å². The minimum absolute atomic E-state index is 0.102. The number of imidazole rings is 1. The molecule has 0 aliphatic rings. The first-order valence-electron chi connectivity index (χ1n) is 5.76. The number of hydrogen-bond acceptors (Lipinski definition) is 2. The zero-order valence-corrected chi connectivity index (χ0v) is 10.8. The van der Waals surface area contributed by atoms with Crippen LogP contribution < -0.4 is 5.69 Å². The summed E-state index contributed by atoms with van der Waals surface area (Å²) in [6, 6.07) is 8.41. The van der Waals surface area contributed by atoms with Gasteiger partial charge in [-0.15, -0.1) is 0 Å². The molecular weight excluding hydrogens is 283 g/mol. The number of carbonyl (C=O) groups excluding carboxylic acids is 1. The van der Waals surface area contributed by atoms with Gasteiger partial charge in [-0.2, -0.15) is 0 Å². The summed E-state index contributed by atoms with van der Waals surface area (Å²) in [4.78, 5) is 28.5. The summed E-state index contributed by atoms with van der Waals surface area (Å²) in [5, 5.41) is 0.283. The van der Waals surface area contributed by atoms with Gasteiger partial charge < -0.3 is 9.97 Å².